The van der Waals surface area contributed by atoms with Gasteiger partial charge in [-0.15, -0.1) is 16.4 Å². The van der Waals surface area contributed by atoms with Crippen molar-refractivity contribution in [2.45, 2.75) is 13.0 Å². The van der Waals surface area contributed by atoms with Crippen molar-refractivity contribution >= 4 is 41.6 Å². The lowest BCUT2D eigenvalue weighted by Gasteiger charge is -2.10. The van der Waals surface area contributed by atoms with Crippen LogP contribution in [0.1, 0.15) is 16.0 Å². The van der Waals surface area contributed by atoms with Crippen LogP contribution in [-0.4, -0.2) is 35.8 Å². The number of rotatable bonds is 7. The van der Waals surface area contributed by atoms with E-state index < -0.39 is 0 Å². The summed E-state index contributed by atoms with van der Waals surface area (Å²) in [6, 6.07) is 15.6. The van der Waals surface area contributed by atoms with Gasteiger partial charge in [-0.2, -0.15) is 5.10 Å². The van der Waals surface area contributed by atoms with Crippen molar-refractivity contribution in [2.75, 3.05) is 14.2 Å². The lowest BCUT2D eigenvalue weighted by Crippen LogP contribution is -2.02. The first-order valence-corrected chi connectivity index (χ1v) is 10.8. The van der Waals surface area contributed by atoms with E-state index in [9.17, 15) is 5.11 Å². The molecule has 8 heteroatoms. The second-order valence-corrected chi connectivity index (χ2v) is 8.48. The van der Waals surface area contributed by atoms with Gasteiger partial charge in [-0.1, -0.05) is 36.4 Å². The molecule has 31 heavy (non-hydrogen) atoms. The van der Waals surface area contributed by atoms with Gasteiger partial charge in [0, 0.05) is 17.7 Å². The molecule has 3 aromatic rings. The molecule has 6 nitrogen and oxygen atoms in total. The molecular weight excluding hydrogens is 430 g/mol. The first-order valence-electron chi connectivity index (χ1n) is 9.62. The summed E-state index contributed by atoms with van der Waals surface area (Å²) in [5.74, 6) is 1.51. The number of benzene rings is 2. The van der Waals surface area contributed by atoms with Gasteiger partial charge in [-0.25, -0.2) is 0 Å². The van der Waals surface area contributed by atoms with E-state index in [1.54, 1.807) is 25.0 Å². The maximum Gasteiger partial charge on any atom is 0.210 e. The number of aromatic hydroxyl groups is 1. The van der Waals surface area contributed by atoms with Gasteiger partial charge in [-0.3, -0.25) is 4.57 Å². The SMILES string of the molecule is COc1ccc(CCn2c(O)c(C=C3C=NN=C3c3ccccc3)sc2=S)cc1OC. The first-order chi connectivity index (χ1) is 15.1. The van der Waals surface area contributed by atoms with Crippen molar-refractivity contribution in [3.8, 4) is 17.4 Å². The number of methoxy groups -OCH3 is 2. The number of allylic oxidation sites excluding steroid dienone is 1. The lowest BCUT2D eigenvalue weighted by molar-refractivity contribution is 0.354. The van der Waals surface area contributed by atoms with Crippen LogP contribution in [0.15, 0.2) is 64.3 Å². The molecular formula is C23H21N3O3S2. The predicted octanol–water partition coefficient (Wildman–Crippen LogP) is 5.12. The normalized spacial score (nSPS) is 14.1. The highest BCUT2D eigenvalue weighted by molar-refractivity contribution is 7.73. The maximum absolute atomic E-state index is 10.8. The molecule has 0 atom stereocenters. The van der Waals surface area contributed by atoms with Crippen LogP contribution in [0.3, 0.4) is 0 Å². The minimum Gasteiger partial charge on any atom is -0.493 e. The largest absolute Gasteiger partial charge is 0.493 e. The van der Waals surface area contributed by atoms with E-state index >= 15 is 0 Å². The first kappa shape index (κ1) is 21.0. The van der Waals surface area contributed by atoms with Gasteiger partial charge in [0.1, 0.15) is 5.71 Å². The predicted molar refractivity (Wildman–Crippen MR) is 128 cm³/mol. The number of hydrogen-bond acceptors (Lipinski definition) is 7. The Balaban J connectivity index is 1.56. The van der Waals surface area contributed by atoms with Crippen molar-refractivity contribution in [3.05, 3.63) is 74.1 Å². The van der Waals surface area contributed by atoms with Gasteiger partial charge < -0.3 is 14.6 Å². The van der Waals surface area contributed by atoms with Crippen molar-refractivity contribution in [1.82, 2.24) is 4.57 Å². The average Bonchev–Trinajstić information content (AvgIpc) is 3.37. The fourth-order valence-electron chi connectivity index (χ4n) is 3.32. The molecule has 0 saturated carbocycles. The van der Waals surface area contributed by atoms with Crippen LogP contribution >= 0.6 is 23.6 Å². The summed E-state index contributed by atoms with van der Waals surface area (Å²) in [6.07, 6.45) is 4.26. The minimum absolute atomic E-state index is 0.149. The molecule has 0 saturated heterocycles. The van der Waals surface area contributed by atoms with E-state index in [2.05, 4.69) is 10.2 Å². The summed E-state index contributed by atoms with van der Waals surface area (Å²) in [6.45, 7) is 0.549. The third-order valence-corrected chi connectivity index (χ3v) is 6.31. The number of thiazole rings is 1. The van der Waals surface area contributed by atoms with Crippen LogP contribution in [0.4, 0.5) is 0 Å². The summed E-state index contributed by atoms with van der Waals surface area (Å²) >= 11 is 6.88. The zero-order chi connectivity index (χ0) is 21.8. The Kier molecular flexibility index (Phi) is 6.29. The van der Waals surface area contributed by atoms with Gasteiger partial charge in [0.05, 0.1) is 25.3 Å². The second kappa shape index (κ2) is 9.28. The van der Waals surface area contributed by atoms with Gasteiger partial charge in [0.2, 0.25) is 5.88 Å². The molecule has 0 bridgehead atoms. The molecule has 0 radical (unpaired) electrons. The fourth-order valence-corrected chi connectivity index (χ4v) is 4.63. The van der Waals surface area contributed by atoms with Crippen LogP contribution in [-0.2, 0) is 13.0 Å². The topological polar surface area (TPSA) is 68.3 Å². The smallest absolute Gasteiger partial charge is 0.210 e. The van der Waals surface area contributed by atoms with E-state index in [-0.39, 0.29) is 5.88 Å². The summed E-state index contributed by atoms with van der Waals surface area (Å²) in [5.41, 5.74) is 3.65. The molecule has 0 aliphatic carbocycles. The van der Waals surface area contributed by atoms with Crippen LogP contribution in [0, 0.1) is 3.95 Å². The quantitative estimate of drug-likeness (QED) is 0.507. The summed E-state index contributed by atoms with van der Waals surface area (Å²) in [4.78, 5) is 0.685. The highest BCUT2D eigenvalue weighted by atomic mass is 32.1. The Labute approximate surface area is 189 Å². The Bertz CT molecular complexity index is 1240. The van der Waals surface area contributed by atoms with Crippen LogP contribution in [0.2, 0.25) is 0 Å². The molecule has 1 N–H and O–H groups in total. The molecule has 2 heterocycles. The Morgan fingerprint density at radius 1 is 1.10 bits per heavy atom. The van der Waals surface area contributed by atoms with Crippen LogP contribution < -0.4 is 9.47 Å². The van der Waals surface area contributed by atoms with Gasteiger partial charge in [0.25, 0.3) is 0 Å². The standard InChI is InChI=1S/C23H21N3O3S2/c1-28-18-9-8-15(12-19(18)29-2)10-11-26-22(27)20(31-23(26)30)13-17-14-24-25-21(17)16-6-4-3-5-7-16/h3-9,12-14,27H,10-11H2,1-2H3. The highest BCUT2D eigenvalue weighted by Gasteiger charge is 2.16. The van der Waals surface area contributed by atoms with Crippen LogP contribution in [0.5, 0.6) is 17.4 Å². The van der Waals surface area contributed by atoms with E-state index in [1.165, 1.54) is 11.3 Å². The fraction of sp³-hybridized carbons (Fsp3) is 0.174. The molecule has 4 rings (SSSR count). The summed E-state index contributed by atoms with van der Waals surface area (Å²) in [5, 5.41) is 19.1. The number of aromatic nitrogens is 1. The average molecular weight is 452 g/mol. The summed E-state index contributed by atoms with van der Waals surface area (Å²) < 4.78 is 13.0. The molecule has 1 aromatic heterocycles. The Morgan fingerprint density at radius 3 is 2.61 bits per heavy atom. The number of hydrogen-bond donors (Lipinski definition) is 1. The molecule has 0 amide bonds. The number of nitrogens with zero attached hydrogens (tertiary/aromatic N) is 3. The van der Waals surface area contributed by atoms with Crippen LogP contribution in [0.25, 0.3) is 6.08 Å². The Morgan fingerprint density at radius 2 is 1.87 bits per heavy atom. The third-order valence-electron chi connectivity index (χ3n) is 4.93. The van der Waals surface area contributed by atoms with E-state index in [0.29, 0.717) is 33.3 Å². The van der Waals surface area contributed by atoms with E-state index in [4.69, 9.17) is 21.7 Å². The molecule has 1 aliphatic heterocycles. The minimum atomic E-state index is 0.149. The molecule has 2 aromatic carbocycles. The van der Waals surface area contributed by atoms with Crippen molar-refractivity contribution in [3.63, 3.8) is 0 Å². The molecule has 158 valence electrons. The Hall–Kier alpha value is -3.23. The third kappa shape index (κ3) is 4.45. The molecule has 1 aliphatic rings. The monoisotopic (exact) mass is 451 g/mol. The van der Waals surface area contributed by atoms with Crippen molar-refractivity contribution < 1.29 is 14.6 Å². The maximum atomic E-state index is 10.8. The van der Waals surface area contributed by atoms with Gasteiger partial charge in [0.15, 0.2) is 15.5 Å². The highest BCUT2D eigenvalue weighted by Crippen LogP contribution is 2.31. The van der Waals surface area contributed by atoms with E-state index in [1.807, 2.05) is 54.6 Å². The van der Waals surface area contributed by atoms with Crippen molar-refractivity contribution in [1.29, 1.82) is 0 Å². The zero-order valence-corrected chi connectivity index (χ0v) is 18.7. The molecule has 0 spiro atoms. The number of aryl methyl sites for hydroxylation is 1. The number of ether oxygens (including phenoxy) is 2. The zero-order valence-electron chi connectivity index (χ0n) is 17.1. The molecule has 0 fully saturated rings. The van der Waals surface area contributed by atoms with Gasteiger partial charge >= 0.3 is 0 Å². The van der Waals surface area contributed by atoms with E-state index in [0.717, 1.165) is 22.4 Å². The molecule has 0 unspecified atom stereocenters. The summed E-state index contributed by atoms with van der Waals surface area (Å²) in [7, 11) is 3.22. The van der Waals surface area contributed by atoms with Crippen molar-refractivity contribution in [2.24, 2.45) is 10.2 Å². The van der Waals surface area contributed by atoms with Gasteiger partial charge in [-0.05, 0) is 42.4 Å². The lowest BCUT2D eigenvalue weighted by atomic mass is 10.0. The second-order valence-electron chi connectivity index (χ2n) is 6.81.